The molecule has 0 heterocycles. The van der Waals surface area contributed by atoms with Crippen LogP contribution in [0.2, 0.25) is 0 Å². The van der Waals surface area contributed by atoms with E-state index in [9.17, 15) is 0 Å². The van der Waals surface area contributed by atoms with E-state index in [0.29, 0.717) is 13.2 Å². The Morgan fingerprint density at radius 2 is 1.94 bits per heavy atom. The molecule has 1 aromatic rings. The summed E-state index contributed by atoms with van der Waals surface area (Å²) in [4.78, 5) is 2.33. The predicted molar refractivity (Wildman–Crippen MR) is 75.7 cm³/mol. The third-order valence-electron chi connectivity index (χ3n) is 2.77. The third-order valence-corrected chi connectivity index (χ3v) is 2.77. The molecule has 0 aliphatic heterocycles. The molecule has 98 valence electrons. The summed E-state index contributed by atoms with van der Waals surface area (Å²) >= 11 is 0. The first-order chi connectivity index (χ1) is 8.81. The monoisotopic (exact) mass is 246 g/mol. The fraction of sp³-hybridized carbons (Fsp3) is 0.467. The molecule has 0 saturated heterocycles. The zero-order valence-electron chi connectivity index (χ0n) is 11.3. The summed E-state index contributed by atoms with van der Waals surface area (Å²) in [5.74, 6) is 6.72. The zero-order chi connectivity index (χ0) is 13.2. The average molecular weight is 246 g/mol. The van der Waals surface area contributed by atoms with Crippen LogP contribution in [0.25, 0.3) is 0 Å². The molecule has 0 bridgehead atoms. The van der Waals surface area contributed by atoms with Crippen LogP contribution in [-0.2, 0) is 0 Å². The molecule has 3 heteroatoms. The van der Waals surface area contributed by atoms with Crippen LogP contribution in [0.5, 0.6) is 5.75 Å². The second kappa shape index (κ2) is 8.57. The van der Waals surface area contributed by atoms with Crippen molar-refractivity contribution in [2.24, 2.45) is 5.73 Å². The van der Waals surface area contributed by atoms with Crippen LogP contribution >= 0.6 is 0 Å². The summed E-state index contributed by atoms with van der Waals surface area (Å²) in [6.45, 7) is 8.40. The fourth-order valence-corrected chi connectivity index (χ4v) is 1.67. The van der Waals surface area contributed by atoms with Crippen molar-refractivity contribution in [2.75, 3.05) is 32.8 Å². The maximum absolute atomic E-state index is 5.78. The topological polar surface area (TPSA) is 38.5 Å². The van der Waals surface area contributed by atoms with E-state index in [4.69, 9.17) is 10.5 Å². The van der Waals surface area contributed by atoms with Gasteiger partial charge in [-0.2, -0.15) is 0 Å². The standard InChI is InChI=1S/C15H22N2O/c1-3-17(4-2)12-13-18-15-10-6-5-8-14(15)9-7-11-16/h5-6,8,10H,3-4,11-13,16H2,1-2H3. The lowest BCUT2D eigenvalue weighted by Gasteiger charge is -2.18. The van der Waals surface area contributed by atoms with Gasteiger partial charge in [0.2, 0.25) is 0 Å². The highest BCUT2D eigenvalue weighted by Crippen LogP contribution is 2.16. The number of hydrogen-bond acceptors (Lipinski definition) is 3. The second-order valence-corrected chi connectivity index (χ2v) is 3.88. The van der Waals surface area contributed by atoms with Gasteiger partial charge in [0, 0.05) is 6.54 Å². The van der Waals surface area contributed by atoms with E-state index in [0.717, 1.165) is 30.9 Å². The molecule has 0 fully saturated rings. The Labute approximate surface area is 110 Å². The molecule has 0 atom stereocenters. The van der Waals surface area contributed by atoms with Gasteiger partial charge in [-0.1, -0.05) is 37.8 Å². The minimum atomic E-state index is 0.369. The number of ether oxygens (including phenoxy) is 1. The quantitative estimate of drug-likeness (QED) is 0.777. The number of nitrogens with zero attached hydrogens (tertiary/aromatic N) is 1. The number of nitrogens with two attached hydrogens (primary N) is 1. The van der Waals surface area contributed by atoms with Gasteiger partial charge in [-0.25, -0.2) is 0 Å². The molecule has 18 heavy (non-hydrogen) atoms. The first kappa shape index (κ1) is 14.6. The molecule has 0 aliphatic rings. The molecule has 0 aromatic heterocycles. The van der Waals surface area contributed by atoms with Gasteiger partial charge < -0.3 is 15.4 Å². The van der Waals surface area contributed by atoms with Crippen molar-refractivity contribution in [2.45, 2.75) is 13.8 Å². The van der Waals surface area contributed by atoms with E-state index >= 15 is 0 Å². The summed E-state index contributed by atoms with van der Waals surface area (Å²) < 4.78 is 5.78. The first-order valence-corrected chi connectivity index (χ1v) is 6.44. The highest BCUT2D eigenvalue weighted by atomic mass is 16.5. The minimum absolute atomic E-state index is 0.369. The Balaban J connectivity index is 2.56. The van der Waals surface area contributed by atoms with Crippen LogP contribution in [0.15, 0.2) is 24.3 Å². The van der Waals surface area contributed by atoms with E-state index in [2.05, 4.69) is 30.6 Å². The summed E-state index contributed by atoms with van der Waals surface area (Å²) in [5, 5.41) is 0. The maximum Gasteiger partial charge on any atom is 0.134 e. The van der Waals surface area contributed by atoms with Crippen molar-refractivity contribution < 1.29 is 4.74 Å². The van der Waals surface area contributed by atoms with Crippen LogP contribution < -0.4 is 10.5 Å². The van der Waals surface area contributed by atoms with E-state index in [-0.39, 0.29) is 0 Å². The molecule has 0 aliphatic carbocycles. The van der Waals surface area contributed by atoms with Crippen molar-refractivity contribution >= 4 is 0 Å². The smallest absolute Gasteiger partial charge is 0.134 e. The summed E-state index contributed by atoms with van der Waals surface area (Å²) in [6.07, 6.45) is 0. The van der Waals surface area contributed by atoms with Gasteiger partial charge in [0.05, 0.1) is 12.1 Å². The zero-order valence-corrected chi connectivity index (χ0v) is 11.3. The molecule has 0 saturated carbocycles. The normalized spacial score (nSPS) is 10.0. The van der Waals surface area contributed by atoms with Gasteiger partial charge in [-0.15, -0.1) is 0 Å². The van der Waals surface area contributed by atoms with Gasteiger partial charge in [0.25, 0.3) is 0 Å². The highest BCUT2D eigenvalue weighted by Gasteiger charge is 2.02. The maximum atomic E-state index is 5.78. The molecule has 1 rings (SSSR count). The SMILES string of the molecule is CCN(CC)CCOc1ccccc1C#CCN. The van der Waals surface area contributed by atoms with E-state index in [1.54, 1.807) is 0 Å². The van der Waals surface area contributed by atoms with Crippen molar-refractivity contribution in [3.63, 3.8) is 0 Å². The minimum Gasteiger partial charge on any atom is -0.491 e. The number of likely N-dealkylation sites (N-methyl/N-ethyl adjacent to an activating group) is 1. The lowest BCUT2D eigenvalue weighted by molar-refractivity contribution is 0.222. The van der Waals surface area contributed by atoms with Gasteiger partial charge in [0.1, 0.15) is 12.4 Å². The Kier molecular flexibility index (Phi) is 6.93. The van der Waals surface area contributed by atoms with Crippen molar-refractivity contribution in [1.29, 1.82) is 0 Å². The summed E-state index contributed by atoms with van der Waals surface area (Å²) in [6, 6.07) is 7.82. The Morgan fingerprint density at radius 1 is 1.22 bits per heavy atom. The van der Waals surface area contributed by atoms with Crippen LogP contribution in [-0.4, -0.2) is 37.7 Å². The molecule has 0 amide bonds. The number of hydrogen-bond donors (Lipinski definition) is 1. The van der Waals surface area contributed by atoms with E-state index < -0.39 is 0 Å². The van der Waals surface area contributed by atoms with Gasteiger partial charge in [0.15, 0.2) is 0 Å². The third kappa shape index (κ3) is 4.79. The van der Waals surface area contributed by atoms with Crippen molar-refractivity contribution in [3.05, 3.63) is 29.8 Å². The molecule has 0 spiro atoms. The fourth-order valence-electron chi connectivity index (χ4n) is 1.67. The Bertz CT molecular complexity index is 402. The number of rotatable bonds is 6. The Hall–Kier alpha value is -1.50. The molecule has 1 aromatic carbocycles. The average Bonchev–Trinajstić information content (AvgIpc) is 2.42. The molecular weight excluding hydrogens is 224 g/mol. The van der Waals surface area contributed by atoms with Gasteiger partial charge in [-0.05, 0) is 25.2 Å². The predicted octanol–water partition coefficient (Wildman–Crippen LogP) is 1.72. The summed E-state index contributed by atoms with van der Waals surface area (Å²) in [5.41, 5.74) is 6.29. The van der Waals surface area contributed by atoms with Crippen molar-refractivity contribution in [3.8, 4) is 17.6 Å². The lowest BCUT2D eigenvalue weighted by atomic mass is 10.2. The highest BCUT2D eigenvalue weighted by molar-refractivity contribution is 5.45. The molecular formula is C15H22N2O. The number of para-hydroxylation sites is 1. The largest absolute Gasteiger partial charge is 0.491 e. The van der Waals surface area contributed by atoms with E-state index in [1.165, 1.54) is 0 Å². The van der Waals surface area contributed by atoms with E-state index in [1.807, 2.05) is 24.3 Å². The van der Waals surface area contributed by atoms with Crippen LogP contribution in [0.4, 0.5) is 0 Å². The molecule has 0 unspecified atom stereocenters. The number of benzene rings is 1. The first-order valence-electron chi connectivity index (χ1n) is 6.44. The van der Waals surface area contributed by atoms with Crippen molar-refractivity contribution in [1.82, 2.24) is 4.90 Å². The molecule has 0 radical (unpaired) electrons. The van der Waals surface area contributed by atoms with Crippen LogP contribution in [0, 0.1) is 11.8 Å². The van der Waals surface area contributed by atoms with Crippen LogP contribution in [0.3, 0.4) is 0 Å². The molecule has 3 nitrogen and oxygen atoms in total. The van der Waals surface area contributed by atoms with Crippen LogP contribution in [0.1, 0.15) is 19.4 Å². The second-order valence-electron chi connectivity index (χ2n) is 3.88. The summed E-state index contributed by atoms with van der Waals surface area (Å²) in [7, 11) is 0. The van der Waals surface area contributed by atoms with Gasteiger partial charge in [-0.3, -0.25) is 0 Å². The molecule has 2 N–H and O–H groups in total. The van der Waals surface area contributed by atoms with Gasteiger partial charge >= 0.3 is 0 Å². The Morgan fingerprint density at radius 3 is 2.61 bits per heavy atom. The lowest BCUT2D eigenvalue weighted by Crippen LogP contribution is -2.28.